The number of Topliss-reactive ketones (excluding diaryl/α,β-unsaturated/α-hetero) is 1. The molecule has 3 aromatic rings. The number of rotatable bonds is 5. The average Bonchev–Trinajstić information content (AvgIpc) is 3.40. The minimum Gasteiger partial charge on any atom is -0.454 e. The van der Waals surface area contributed by atoms with Gasteiger partial charge in [0.05, 0.1) is 12.9 Å². The van der Waals surface area contributed by atoms with Gasteiger partial charge in [-0.1, -0.05) is 30.3 Å². The smallest absolute Gasteiger partial charge is 0.289 e. The van der Waals surface area contributed by atoms with Gasteiger partial charge in [-0.2, -0.15) is 0 Å². The zero-order valence-electron chi connectivity index (χ0n) is 15.0. The molecule has 0 saturated carbocycles. The Morgan fingerprint density at radius 1 is 1.15 bits per heavy atom. The van der Waals surface area contributed by atoms with Gasteiger partial charge in [-0.25, -0.2) is 4.98 Å². The van der Waals surface area contributed by atoms with E-state index >= 15 is 0 Å². The molecular formula is C21H21N3O3. The zero-order valence-corrected chi connectivity index (χ0v) is 15.0. The predicted molar refractivity (Wildman–Crippen MR) is 99.4 cm³/mol. The molecule has 0 aliphatic carbocycles. The van der Waals surface area contributed by atoms with Crippen LogP contribution in [0, 0.1) is 5.92 Å². The van der Waals surface area contributed by atoms with Gasteiger partial charge >= 0.3 is 0 Å². The van der Waals surface area contributed by atoms with E-state index in [0.29, 0.717) is 36.7 Å². The van der Waals surface area contributed by atoms with E-state index in [2.05, 4.69) is 4.98 Å². The molecule has 27 heavy (non-hydrogen) atoms. The van der Waals surface area contributed by atoms with Crippen LogP contribution in [0.5, 0.6) is 0 Å². The highest BCUT2D eigenvalue weighted by Crippen LogP contribution is 2.23. The molecule has 4 rings (SSSR count). The Kier molecular flexibility index (Phi) is 4.87. The molecule has 1 aliphatic heterocycles. The molecule has 1 aliphatic rings. The number of furan rings is 1. The molecule has 0 unspecified atom stereocenters. The number of benzene rings is 1. The van der Waals surface area contributed by atoms with Gasteiger partial charge in [0.25, 0.3) is 5.91 Å². The molecule has 0 radical (unpaired) electrons. The number of carbonyl (C=O) groups excluding carboxylic acids is 2. The van der Waals surface area contributed by atoms with E-state index in [1.54, 1.807) is 23.5 Å². The lowest BCUT2D eigenvalue weighted by atomic mass is 9.90. The van der Waals surface area contributed by atoms with Crippen molar-refractivity contribution in [1.29, 1.82) is 0 Å². The van der Waals surface area contributed by atoms with Crippen molar-refractivity contribution in [3.63, 3.8) is 0 Å². The van der Waals surface area contributed by atoms with Gasteiger partial charge in [0.2, 0.25) is 0 Å². The summed E-state index contributed by atoms with van der Waals surface area (Å²) >= 11 is 0. The number of imidazole rings is 1. The van der Waals surface area contributed by atoms with Crippen LogP contribution in [0.15, 0.2) is 65.6 Å². The summed E-state index contributed by atoms with van der Waals surface area (Å²) in [5.74, 6) is 0.805. The largest absolute Gasteiger partial charge is 0.454 e. The normalized spacial score (nSPS) is 17.0. The van der Waals surface area contributed by atoms with Crippen molar-refractivity contribution in [2.45, 2.75) is 19.4 Å². The van der Waals surface area contributed by atoms with Crippen LogP contribution in [0.2, 0.25) is 0 Å². The molecule has 1 aromatic carbocycles. The Hall–Kier alpha value is -3.15. The standard InChI is InChI=1S/C21H21N3O3/c25-20(16-5-2-1-3-6-16)17-7-4-11-24(13-17)21(26)19-9-8-18(27-19)14-23-12-10-22-15-23/h1-3,5-6,8-10,12,15,17H,4,7,11,13-14H2/t17-/m0/s1. The van der Waals surface area contributed by atoms with Gasteiger partial charge in [0.15, 0.2) is 11.5 Å². The van der Waals surface area contributed by atoms with Crippen LogP contribution in [-0.4, -0.2) is 39.2 Å². The van der Waals surface area contributed by atoms with Crippen molar-refractivity contribution in [2.75, 3.05) is 13.1 Å². The second kappa shape index (κ2) is 7.61. The van der Waals surface area contributed by atoms with E-state index in [0.717, 1.165) is 12.8 Å². The maximum absolute atomic E-state index is 12.8. The third-order valence-electron chi connectivity index (χ3n) is 4.91. The summed E-state index contributed by atoms with van der Waals surface area (Å²) in [4.78, 5) is 31.3. The number of aromatic nitrogens is 2. The van der Waals surface area contributed by atoms with E-state index in [-0.39, 0.29) is 17.6 Å². The molecule has 0 N–H and O–H groups in total. The number of hydrogen-bond donors (Lipinski definition) is 0. The molecule has 6 nitrogen and oxygen atoms in total. The predicted octanol–water partition coefficient (Wildman–Crippen LogP) is 3.26. The zero-order chi connectivity index (χ0) is 18.6. The molecule has 2 aromatic heterocycles. The Morgan fingerprint density at radius 3 is 2.78 bits per heavy atom. The third-order valence-corrected chi connectivity index (χ3v) is 4.91. The van der Waals surface area contributed by atoms with Crippen LogP contribution in [0.4, 0.5) is 0 Å². The lowest BCUT2D eigenvalue weighted by molar-refractivity contribution is 0.0609. The number of carbonyl (C=O) groups is 2. The van der Waals surface area contributed by atoms with Crippen LogP contribution in [0.1, 0.15) is 39.5 Å². The van der Waals surface area contributed by atoms with Gasteiger partial charge < -0.3 is 13.9 Å². The first-order valence-electron chi connectivity index (χ1n) is 9.14. The maximum Gasteiger partial charge on any atom is 0.289 e. The minimum absolute atomic E-state index is 0.105. The van der Waals surface area contributed by atoms with E-state index in [4.69, 9.17) is 4.42 Å². The van der Waals surface area contributed by atoms with E-state index in [9.17, 15) is 9.59 Å². The molecule has 138 valence electrons. The van der Waals surface area contributed by atoms with Gasteiger partial charge in [0.1, 0.15) is 5.76 Å². The van der Waals surface area contributed by atoms with Gasteiger partial charge in [0, 0.05) is 37.0 Å². The molecule has 1 atom stereocenters. The van der Waals surface area contributed by atoms with Crippen LogP contribution >= 0.6 is 0 Å². The fourth-order valence-electron chi connectivity index (χ4n) is 3.51. The van der Waals surface area contributed by atoms with Crippen molar-refractivity contribution in [3.8, 4) is 0 Å². The molecular weight excluding hydrogens is 342 g/mol. The Morgan fingerprint density at radius 2 is 2.00 bits per heavy atom. The van der Waals surface area contributed by atoms with E-state index in [1.807, 2.05) is 47.2 Å². The summed E-state index contributed by atoms with van der Waals surface area (Å²) in [7, 11) is 0. The van der Waals surface area contributed by atoms with Crippen LogP contribution in [0.25, 0.3) is 0 Å². The van der Waals surface area contributed by atoms with E-state index in [1.165, 1.54) is 0 Å². The lowest BCUT2D eigenvalue weighted by Crippen LogP contribution is -2.42. The SMILES string of the molecule is O=C(c1ccccc1)[C@H]1CCCN(C(=O)c2ccc(Cn3ccnc3)o2)C1. The molecule has 0 bridgehead atoms. The van der Waals surface area contributed by atoms with Gasteiger partial charge in [-0.05, 0) is 25.0 Å². The molecule has 1 fully saturated rings. The van der Waals surface area contributed by atoms with Crippen molar-refractivity contribution >= 4 is 11.7 Å². The number of likely N-dealkylation sites (tertiary alicyclic amines) is 1. The molecule has 0 spiro atoms. The highest BCUT2D eigenvalue weighted by molar-refractivity contribution is 5.99. The van der Waals surface area contributed by atoms with E-state index < -0.39 is 0 Å². The number of nitrogens with zero attached hydrogens (tertiary/aromatic N) is 3. The Labute approximate surface area is 157 Å². The Balaban J connectivity index is 1.43. The second-order valence-electron chi connectivity index (χ2n) is 6.82. The Bertz CT molecular complexity index is 915. The monoisotopic (exact) mass is 363 g/mol. The fourth-order valence-corrected chi connectivity index (χ4v) is 3.51. The highest BCUT2D eigenvalue weighted by Gasteiger charge is 2.30. The van der Waals surface area contributed by atoms with Gasteiger partial charge in [-0.15, -0.1) is 0 Å². The molecule has 1 amide bonds. The number of hydrogen-bond acceptors (Lipinski definition) is 4. The summed E-state index contributed by atoms with van der Waals surface area (Å²) < 4.78 is 7.61. The lowest BCUT2D eigenvalue weighted by Gasteiger charge is -2.31. The average molecular weight is 363 g/mol. The first-order chi connectivity index (χ1) is 13.2. The summed E-state index contributed by atoms with van der Waals surface area (Å²) in [5, 5.41) is 0. The van der Waals surface area contributed by atoms with Crippen LogP contribution < -0.4 is 0 Å². The number of amides is 1. The highest BCUT2D eigenvalue weighted by atomic mass is 16.4. The molecule has 6 heteroatoms. The topological polar surface area (TPSA) is 68.3 Å². The fraction of sp³-hybridized carbons (Fsp3) is 0.286. The number of ketones is 1. The third kappa shape index (κ3) is 3.84. The van der Waals surface area contributed by atoms with Crippen molar-refractivity contribution in [3.05, 3.63) is 78.3 Å². The van der Waals surface area contributed by atoms with Crippen LogP contribution in [-0.2, 0) is 6.54 Å². The minimum atomic E-state index is -0.162. The maximum atomic E-state index is 12.8. The second-order valence-corrected chi connectivity index (χ2v) is 6.82. The summed E-state index contributed by atoms with van der Waals surface area (Å²) in [6.07, 6.45) is 6.87. The summed E-state index contributed by atoms with van der Waals surface area (Å²) in [6, 6.07) is 12.8. The first-order valence-corrected chi connectivity index (χ1v) is 9.14. The molecule has 3 heterocycles. The quantitative estimate of drug-likeness (QED) is 0.653. The summed E-state index contributed by atoms with van der Waals surface area (Å²) in [5.41, 5.74) is 0.706. The summed E-state index contributed by atoms with van der Waals surface area (Å²) in [6.45, 7) is 1.61. The van der Waals surface area contributed by atoms with Crippen molar-refractivity contribution in [1.82, 2.24) is 14.5 Å². The number of piperidine rings is 1. The van der Waals surface area contributed by atoms with Crippen molar-refractivity contribution in [2.24, 2.45) is 5.92 Å². The molecule has 1 saturated heterocycles. The first kappa shape index (κ1) is 17.3. The van der Waals surface area contributed by atoms with Crippen molar-refractivity contribution < 1.29 is 14.0 Å². The van der Waals surface area contributed by atoms with Crippen LogP contribution in [0.3, 0.4) is 0 Å². The van der Waals surface area contributed by atoms with Gasteiger partial charge in [-0.3, -0.25) is 9.59 Å².